The van der Waals surface area contributed by atoms with Gasteiger partial charge in [-0.15, -0.1) is 0 Å². The van der Waals surface area contributed by atoms with Gasteiger partial charge in [0.05, 0.1) is 6.61 Å². The molecule has 0 radical (unpaired) electrons. The van der Waals surface area contributed by atoms with Gasteiger partial charge >= 0.3 is 5.97 Å². The Kier molecular flexibility index (Phi) is 8.55. The molecule has 0 amide bonds. The molecular weight excluding hydrogens is 455 g/mol. The normalized spacial score (nSPS) is 17.4. The lowest BCUT2D eigenvalue weighted by Gasteiger charge is -2.26. The summed E-state index contributed by atoms with van der Waals surface area (Å²) in [5.74, 6) is 1.06. The topological polar surface area (TPSA) is 55.8 Å². The molecule has 4 nitrogen and oxygen atoms in total. The Morgan fingerprint density at radius 1 is 0.972 bits per heavy atom. The number of ether oxygens (including phenoxy) is 2. The van der Waals surface area contributed by atoms with Gasteiger partial charge in [-0.3, -0.25) is 0 Å². The third kappa shape index (κ3) is 6.21. The van der Waals surface area contributed by atoms with Gasteiger partial charge in [0.25, 0.3) is 0 Å². The molecule has 3 aromatic carbocycles. The first-order valence-corrected chi connectivity index (χ1v) is 12.5. The Hall–Kier alpha value is -3.44. The van der Waals surface area contributed by atoms with Gasteiger partial charge in [-0.2, -0.15) is 0 Å². The van der Waals surface area contributed by atoms with E-state index in [2.05, 4.69) is 25.6 Å². The van der Waals surface area contributed by atoms with E-state index in [1.54, 1.807) is 18.2 Å². The molecule has 0 aromatic heterocycles. The zero-order valence-electron chi connectivity index (χ0n) is 20.7. The Morgan fingerprint density at radius 3 is 2.31 bits per heavy atom. The summed E-state index contributed by atoms with van der Waals surface area (Å²) in [5, 5.41) is 9.64. The summed E-state index contributed by atoms with van der Waals surface area (Å²) in [7, 11) is 0. The standard InChI is InChI=1S/C31H33FO4/c1-3-31(34)36-17-16-35-30-19-26(12-13-27(30)20-33)25-14-15-28(29(32)18-25)24-10-8-23(9-11-24)22-6-4-21(2)5-7-22/h3,8-15,18-19,21-22,33H,1,4-7,16-17,20H2,2H3. The highest BCUT2D eigenvalue weighted by Gasteiger charge is 2.20. The van der Waals surface area contributed by atoms with Crippen molar-refractivity contribution < 1.29 is 23.8 Å². The lowest BCUT2D eigenvalue weighted by molar-refractivity contribution is -0.138. The van der Waals surface area contributed by atoms with E-state index in [-0.39, 0.29) is 25.6 Å². The minimum Gasteiger partial charge on any atom is -0.490 e. The molecular formula is C31H33FO4. The van der Waals surface area contributed by atoms with Crippen LogP contribution >= 0.6 is 0 Å². The molecule has 1 fully saturated rings. The summed E-state index contributed by atoms with van der Waals surface area (Å²) >= 11 is 0. The third-order valence-electron chi connectivity index (χ3n) is 7.00. The van der Waals surface area contributed by atoms with Crippen molar-refractivity contribution in [2.75, 3.05) is 13.2 Å². The van der Waals surface area contributed by atoms with Gasteiger partial charge in [0.1, 0.15) is 24.8 Å². The van der Waals surface area contributed by atoms with Crippen molar-refractivity contribution in [3.63, 3.8) is 0 Å². The van der Waals surface area contributed by atoms with Crippen molar-refractivity contribution in [1.29, 1.82) is 0 Å². The summed E-state index contributed by atoms with van der Waals surface area (Å²) < 4.78 is 25.8. The van der Waals surface area contributed by atoms with Gasteiger partial charge in [-0.25, -0.2) is 9.18 Å². The highest BCUT2D eigenvalue weighted by atomic mass is 19.1. The molecule has 0 saturated heterocycles. The minimum atomic E-state index is -0.524. The molecule has 0 atom stereocenters. The molecule has 4 rings (SSSR count). The minimum absolute atomic E-state index is 0.0575. The zero-order valence-corrected chi connectivity index (χ0v) is 20.7. The molecule has 0 heterocycles. The van der Waals surface area contributed by atoms with E-state index in [9.17, 15) is 9.90 Å². The lowest BCUT2D eigenvalue weighted by Crippen LogP contribution is -2.11. The maximum Gasteiger partial charge on any atom is 0.330 e. The number of carbonyl (C=O) groups is 1. The maximum absolute atomic E-state index is 15.2. The van der Waals surface area contributed by atoms with Crippen molar-refractivity contribution in [2.45, 2.75) is 45.1 Å². The van der Waals surface area contributed by atoms with Crippen LogP contribution in [0.1, 0.15) is 49.7 Å². The van der Waals surface area contributed by atoms with E-state index in [0.29, 0.717) is 28.4 Å². The summed E-state index contributed by atoms with van der Waals surface area (Å²) in [6, 6.07) is 18.9. The van der Waals surface area contributed by atoms with Crippen molar-refractivity contribution in [2.24, 2.45) is 5.92 Å². The van der Waals surface area contributed by atoms with Crippen LogP contribution in [0.2, 0.25) is 0 Å². The van der Waals surface area contributed by atoms with Crippen LogP contribution in [-0.4, -0.2) is 24.3 Å². The molecule has 0 aliphatic heterocycles. The fourth-order valence-corrected chi connectivity index (χ4v) is 4.81. The Balaban J connectivity index is 1.48. The van der Waals surface area contributed by atoms with Crippen molar-refractivity contribution in [1.82, 2.24) is 0 Å². The van der Waals surface area contributed by atoms with Gasteiger partial charge in [-0.05, 0) is 59.1 Å². The molecule has 1 aliphatic carbocycles. The van der Waals surface area contributed by atoms with E-state index in [1.807, 2.05) is 24.3 Å². The predicted octanol–water partition coefficient (Wildman–Crippen LogP) is 7.05. The summed E-state index contributed by atoms with van der Waals surface area (Å²) in [5.41, 5.74) is 4.84. The zero-order chi connectivity index (χ0) is 25.5. The smallest absolute Gasteiger partial charge is 0.330 e. The van der Waals surface area contributed by atoms with Crippen molar-refractivity contribution in [3.8, 4) is 28.0 Å². The average Bonchev–Trinajstić information content (AvgIpc) is 2.91. The fraction of sp³-hybridized carbons (Fsp3) is 0.323. The first kappa shape index (κ1) is 25.6. The first-order chi connectivity index (χ1) is 17.5. The van der Waals surface area contributed by atoms with Gasteiger partial charge in [0.15, 0.2) is 0 Å². The number of aliphatic hydroxyl groups excluding tert-OH is 1. The summed E-state index contributed by atoms with van der Waals surface area (Å²) in [6.07, 6.45) is 6.09. The number of benzene rings is 3. The number of carbonyl (C=O) groups excluding carboxylic acids is 1. The van der Waals surface area contributed by atoms with E-state index >= 15 is 4.39 Å². The van der Waals surface area contributed by atoms with E-state index in [1.165, 1.54) is 37.3 Å². The lowest BCUT2D eigenvalue weighted by atomic mass is 9.79. The Labute approximate surface area is 212 Å². The van der Waals surface area contributed by atoms with Crippen LogP contribution in [0.5, 0.6) is 5.75 Å². The molecule has 36 heavy (non-hydrogen) atoms. The van der Waals surface area contributed by atoms with Crippen LogP contribution in [0.3, 0.4) is 0 Å². The number of aliphatic hydroxyl groups is 1. The SMILES string of the molecule is C=CC(=O)OCCOc1cc(-c2ccc(-c3ccc(C4CCC(C)CC4)cc3)c(F)c2)ccc1CO. The van der Waals surface area contributed by atoms with Gasteiger partial charge < -0.3 is 14.6 Å². The summed E-state index contributed by atoms with van der Waals surface area (Å²) in [4.78, 5) is 11.2. The van der Waals surface area contributed by atoms with Crippen molar-refractivity contribution >= 4 is 5.97 Å². The largest absolute Gasteiger partial charge is 0.490 e. The number of hydrogen-bond acceptors (Lipinski definition) is 4. The maximum atomic E-state index is 15.2. The fourth-order valence-electron chi connectivity index (χ4n) is 4.81. The van der Waals surface area contributed by atoms with Gasteiger partial charge in [0.2, 0.25) is 0 Å². The first-order valence-electron chi connectivity index (χ1n) is 12.5. The van der Waals surface area contributed by atoms with Crippen LogP contribution in [-0.2, 0) is 16.1 Å². The van der Waals surface area contributed by atoms with Crippen LogP contribution in [0, 0.1) is 11.7 Å². The van der Waals surface area contributed by atoms with Crippen LogP contribution in [0.4, 0.5) is 4.39 Å². The van der Waals surface area contributed by atoms with E-state index < -0.39 is 5.97 Å². The van der Waals surface area contributed by atoms with E-state index in [4.69, 9.17) is 9.47 Å². The van der Waals surface area contributed by atoms with Gasteiger partial charge in [0, 0.05) is 17.2 Å². The molecule has 0 unspecified atom stereocenters. The number of hydrogen-bond donors (Lipinski definition) is 1. The van der Waals surface area contributed by atoms with Crippen molar-refractivity contribution in [3.05, 3.63) is 90.3 Å². The second-order valence-corrected chi connectivity index (χ2v) is 9.47. The molecule has 1 aliphatic rings. The molecule has 0 bridgehead atoms. The third-order valence-corrected chi connectivity index (χ3v) is 7.00. The number of rotatable bonds is 9. The second kappa shape index (κ2) is 12.0. The van der Waals surface area contributed by atoms with Crippen LogP contribution in [0.15, 0.2) is 73.3 Å². The molecule has 1 saturated carbocycles. The monoisotopic (exact) mass is 488 g/mol. The Bertz CT molecular complexity index is 1190. The molecule has 0 spiro atoms. The quantitative estimate of drug-likeness (QED) is 0.199. The molecule has 3 aromatic rings. The number of esters is 1. The number of halogens is 1. The van der Waals surface area contributed by atoms with E-state index in [0.717, 1.165) is 23.1 Å². The average molecular weight is 489 g/mol. The predicted molar refractivity (Wildman–Crippen MR) is 140 cm³/mol. The highest BCUT2D eigenvalue weighted by Crippen LogP contribution is 2.37. The second-order valence-electron chi connectivity index (χ2n) is 9.47. The molecule has 1 N–H and O–H groups in total. The van der Waals surface area contributed by atoms with Gasteiger partial charge in [-0.1, -0.05) is 74.9 Å². The van der Waals surface area contributed by atoms with Crippen LogP contribution in [0.25, 0.3) is 22.3 Å². The van der Waals surface area contributed by atoms with Crippen LogP contribution < -0.4 is 4.74 Å². The summed E-state index contributed by atoms with van der Waals surface area (Å²) in [6.45, 7) is 5.65. The highest BCUT2D eigenvalue weighted by molar-refractivity contribution is 5.81. The Morgan fingerprint density at radius 2 is 1.64 bits per heavy atom. The molecule has 5 heteroatoms. The molecule has 188 valence electrons.